The van der Waals surface area contributed by atoms with Gasteiger partial charge in [-0.15, -0.1) is 0 Å². The SMILES string of the molecule is CCCC(C(=O)O)N(C)CC(C)(C)CN. The maximum Gasteiger partial charge on any atom is 0.320 e. The zero-order valence-electron chi connectivity index (χ0n) is 10.3. The third-order valence-electron chi connectivity index (χ3n) is 2.61. The second kappa shape index (κ2) is 6.08. The number of nitrogens with zero attached hydrogens (tertiary/aromatic N) is 1. The van der Waals surface area contributed by atoms with Crippen molar-refractivity contribution in [3.63, 3.8) is 0 Å². The van der Waals surface area contributed by atoms with Crippen LogP contribution in [0.4, 0.5) is 0 Å². The number of nitrogens with two attached hydrogens (primary N) is 1. The van der Waals surface area contributed by atoms with Gasteiger partial charge in [-0.25, -0.2) is 0 Å². The fourth-order valence-electron chi connectivity index (χ4n) is 1.66. The molecule has 3 N–H and O–H groups in total. The van der Waals surface area contributed by atoms with E-state index in [-0.39, 0.29) is 11.5 Å². The molecule has 4 nitrogen and oxygen atoms in total. The minimum Gasteiger partial charge on any atom is -0.480 e. The van der Waals surface area contributed by atoms with Crippen molar-refractivity contribution in [3.05, 3.63) is 0 Å². The zero-order chi connectivity index (χ0) is 12.1. The molecule has 0 aromatic rings. The van der Waals surface area contributed by atoms with Gasteiger partial charge in [0.2, 0.25) is 0 Å². The van der Waals surface area contributed by atoms with Crippen LogP contribution in [0.3, 0.4) is 0 Å². The molecular formula is C11H24N2O2. The van der Waals surface area contributed by atoms with Crippen LogP contribution < -0.4 is 5.73 Å². The first-order chi connectivity index (χ1) is 6.84. The molecule has 0 spiro atoms. The Bertz CT molecular complexity index is 205. The van der Waals surface area contributed by atoms with Crippen LogP contribution in [0.1, 0.15) is 33.6 Å². The summed E-state index contributed by atoms with van der Waals surface area (Å²) in [4.78, 5) is 12.9. The van der Waals surface area contributed by atoms with Gasteiger partial charge in [0.05, 0.1) is 0 Å². The van der Waals surface area contributed by atoms with Crippen molar-refractivity contribution < 1.29 is 9.90 Å². The molecule has 0 aromatic carbocycles. The van der Waals surface area contributed by atoms with Gasteiger partial charge in [-0.3, -0.25) is 9.69 Å². The Labute approximate surface area is 92.4 Å². The van der Waals surface area contributed by atoms with Crippen LogP contribution >= 0.6 is 0 Å². The van der Waals surface area contributed by atoms with Crippen molar-refractivity contribution >= 4 is 5.97 Å². The first kappa shape index (κ1) is 14.4. The molecule has 1 atom stereocenters. The number of likely N-dealkylation sites (N-methyl/N-ethyl adjacent to an activating group) is 1. The number of rotatable bonds is 7. The van der Waals surface area contributed by atoms with Gasteiger partial charge in [0, 0.05) is 6.54 Å². The second-order valence-corrected chi connectivity index (χ2v) is 4.93. The highest BCUT2D eigenvalue weighted by atomic mass is 16.4. The minimum absolute atomic E-state index is 0.0316. The highest BCUT2D eigenvalue weighted by Gasteiger charge is 2.26. The normalized spacial score (nSPS) is 14.3. The maximum absolute atomic E-state index is 11.0. The quantitative estimate of drug-likeness (QED) is 0.670. The number of aliphatic carboxylic acids is 1. The van der Waals surface area contributed by atoms with E-state index in [4.69, 9.17) is 10.8 Å². The van der Waals surface area contributed by atoms with Gasteiger partial charge in [0.25, 0.3) is 0 Å². The summed E-state index contributed by atoms with van der Waals surface area (Å²) < 4.78 is 0. The molecule has 0 fully saturated rings. The summed E-state index contributed by atoms with van der Waals surface area (Å²) in [7, 11) is 1.85. The van der Waals surface area contributed by atoms with E-state index >= 15 is 0 Å². The third-order valence-corrected chi connectivity index (χ3v) is 2.61. The van der Waals surface area contributed by atoms with Crippen LogP contribution in [-0.4, -0.2) is 42.2 Å². The lowest BCUT2D eigenvalue weighted by Gasteiger charge is -2.32. The van der Waals surface area contributed by atoms with Crippen molar-refractivity contribution in [1.29, 1.82) is 0 Å². The maximum atomic E-state index is 11.0. The highest BCUT2D eigenvalue weighted by Crippen LogP contribution is 2.17. The lowest BCUT2D eigenvalue weighted by Crippen LogP contribution is -2.45. The third kappa shape index (κ3) is 5.14. The molecule has 1 unspecified atom stereocenters. The Morgan fingerprint density at radius 1 is 1.53 bits per heavy atom. The average Bonchev–Trinajstić information content (AvgIpc) is 2.12. The van der Waals surface area contributed by atoms with Gasteiger partial charge in [0.1, 0.15) is 6.04 Å². The molecule has 15 heavy (non-hydrogen) atoms. The Balaban J connectivity index is 4.37. The number of carboxylic acids is 1. The summed E-state index contributed by atoms with van der Waals surface area (Å²) in [5.41, 5.74) is 5.60. The zero-order valence-corrected chi connectivity index (χ0v) is 10.3. The predicted octanol–water partition coefficient (Wildman–Crippen LogP) is 1.16. The van der Waals surface area contributed by atoms with Crippen molar-refractivity contribution in [3.8, 4) is 0 Å². The molecule has 0 bridgehead atoms. The fraction of sp³-hybridized carbons (Fsp3) is 0.909. The summed E-state index contributed by atoms with van der Waals surface area (Å²) in [6, 6.07) is -0.388. The van der Waals surface area contributed by atoms with Crippen molar-refractivity contribution in [2.45, 2.75) is 39.7 Å². The second-order valence-electron chi connectivity index (χ2n) is 4.93. The molecule has 0 rings (SSSR count). The molecule has 0 aliphatic carbocycles. The van der Waals surface area contributed by atoms with Crippen molar-refractivity contribution in [2.24, 2.45) is 11.1 Å². The van der Waals surface area contributed by atoms with E-state index in [1.807, 2.05) is 32.7 Å². The van der Waals surface area contributed by atoms with E-state index in [1.165, 1.54) is 0 Å². The molecule has 0 amide bonds. The summed E-state index contributed by atoms with van der Waals surface area (Å²) in [6.07, 6.45) is 1.57. The van der Waals surface area contributed by atoms with E-state index in [2.05, 4.69) is 0 Å². The fourth-order valence-corrected chi connectivity index (χ4v) is 1.66. The van der Waals surface area contributed by atoms with Crippen LogP contribution in [0.5, 0.6) is 0 Å². The standard InChI is InChI=1S/C11H24N2O2/c1-5-6-9(10(14)15)13(4)8-11(2,3)7-12/h9H,5-8,12H2,1-4H3,(H,14,15). The van der Waals surface area contributed by atoms with Gasteiger partial charge in [0.15, 0.2) is 0 Å². The molecule has 0 saturated heterocycles. The highest BCUT2D eigenvalue weighted by molar-refractivity contribution is 5.73. The van der Waals surface area contributed by atoms with E-state index in [0.717, 1.165) is 6.42 Å². The first-order valence-electron chi connectivity index (χ1n) is 5.47. The summed E-state index contributed by atoms with van der Waals surface area (Å²) in [5, 5.41) is 9.07. The van der Waals surface area contributed by atoms with E-state index in [0.29, 0.717) is 19.5 Å². The Morgan fingerprint density at radius 3 is 2.40 bits per heavy atom. The Morgan fingerprint density at radius 2 is 2.07 bits per heavy atom. The molecule has 0 radical (unpaired) electrons. The molecule has 0 saturated carbocycles. The Kier molecular flexibility index (Phi) is 5.83. The molecule has 90 valence electrons. The summed E-state index contributed by atoms with van der Waals surface area (Å²) >= 11 is 0. The average molecular weight is 216 g/mol. The van der Waals surface area contributed by atoms with Gasteiger partial charge >= 0.3 is 5.97 Å². The van der Waals surface area contributed by atoms with Crippen molar-refractivity contribution in [2.75, 3.05) is 20.1 Å². The molecule has 0 aliphatic rings. The van der Waals surface area contributed by atoms with E-state index < -0.39 is 5.97 Å². The number of carboxylic acid groups (broad SMARTS) is 1. The lowest BCUT2D eigenvalue weighted by molar-refractivity contribution is -0.143. The predicted molar refractivity (Wildman–Crippen MR) is 61.8 cm³/mol. The van der Waals surface area contributed by atoms with Crippen LogP contribution in [0, 0.1) is 5.41 Å². The lowest BCUT2D eigenvalue weighted by atomic mass is 9.92. The molecule has 4 heteroatoms. The van der Waals surface area contributed by atoms with Crippen molar-refractivity contribution in [1.82, 2.24) is 4.90 Å². The largest absolute Gasteiger partial charge is 0.480 e. The van der Waals surface area contributed by atoms with Crippen LogP contribution in [0.2, 0.25) is 0 Å². The Hall–Kier alpha value is -0.610. The number of hydrogen-bond donors (Lipinski definition) is 2. The molecular weight excluding hydrogens is 192 g/mol. The van der Waals surface area contributed by atoms with Gasteiger partial charge < -0.3 is 10.8 Å². The van der Waals surface area contributed by atoms with Crippen LogP contribution in [-0.2, 0) is 4.79 Å². The summed E-state index contributed by atoms with van der Waals surface area (Å²) in [6.45, 7) is 7.37. The molecule has 0 aromatic heterocycles. The molecule has 0 aliphatic heterocycles. The van der Waals surface area contributed by atoms with Crippen LogP contribution in [0.15, 0.2) is 0 Å². The van der Waals surface area contributed by atoms with E-state index in [1.54, 1.807) is 0 Å². The topological polar surface area (TPSA) is 66.6 Å². The smallest absolute Gasteiger partial charge is 0.320 e. The monoisotopic (exact) mass is 216 g/mol. The number of hydrogen-bond acceptors (Lipinski definition) is 3. The molecule has 0 heterocycles. The first-order valence-corrected chi connectivity index (χ1v) is 5.47. The minimum atomic E-state index is -0.743. The summed E-state index contributed by atoms with van der Waals surface area (Å²) in [5.74, 6) is -0.743. The van der Waals surface area contributed by atoms with Gasteiger partial charge in [-0.2, -0.15) is 0 Å². The number of carbonyl (C=O) groups is 1. The van der Waals surface area contributed by atoms with Gasteiger partial charge in [-0.05, 0) is 25.4 Å². The van der Waals surface area contributed by atoms with E-state index in [9.17, 15) is 4.79 Å². The van der Waals surface area contributed by atoms with Crippen LogP contribution in [0.25, 0.3) is 0 Å². The van der Waals surface area contributed by atoms with Gasteiger partial charge in [-0.1, -0.05) is 27.2 Å².